The molecule has 4 nitrogen and oxygen atoms in total. The summed E-state index contributed by atoms with van der Waals surface area (Å²) in [6, 6.07) is 6.85. The molecule has 132 valence electrons. The Morgan fingerprint density at radius 3 is 2.38 bits per heavy atom. The first-order valence-electron chi connectivity index (χ1n) is 8.73. The van der Waals surface area contributed by atoms with Gasteiger partial charge in [0.1, 0.15) is 0 Å². The fourth-order valence-electron chi connectivity index (χ4n) is 3.73. The van der Waals surface area contributed by atoms with Crippen LogP contribution in [0.25, 0.3) is 0 Å². The van der Waals surface area contributed by atoms with Gasteiger partial charge in [-0.25, -0.2) is 4.79 Å². The van der Waals surface area contributed by atoms with Crippen LogP contribution in [0.15, 0.2) is 24.3 Å². The number of amides is 1. The molecule has 1 amide bonds. The number of methoxy groups -OCH3 is 1. The van der Waals surface area contributed by atoms with Crippen molar-refractivity contribution in [3.05, 3.63) is 29.8 Å². The molecule has 1 aromatic carbocycles. The van der Waals surface area contributed by atoms with Crippen LogP contribution in [0, 0.1) is 23.2 Å². The molecule has 1 N–H and O–H groups in total. The number of carbonyl (C=O) groups is 2. The van der Waals surface area contributed by atoms with Gasteiger partial charge in [0.25, 0.3) is 0 Å². The Bertz CT molecular complexity index is 589. The molecule has 24 heavy (non-hydrogen) atoms. The maximum Gasteiger partial charge on any atom is 0.337 e. The minimum atomic E-state index is -0.373. The topological polar surface area (TPSA) is 55.4 Å². The van der Waals surface area contributed by atoms with Crippen molar-refractivity contribution in [3.63, 3.8) is 0 Å². The maximum absolute atomic E-state index is 12.8. The quantitative estimate of drug-likeness (QED) is 0.826. The first-order valence-corrected chi connectivity index (χ1v) is 8.73. The monoisotopic (exact) mass is 331 g/mol. The Kier molecular flexibility index (Phi) is 5.68. The van der Waals surface area contributed by atoms with E-state index in [-0.39, 0.29) is 23.2 Å². The lowest BCUT2D eigenvalue weighted by atomic mass is 9.64. The van der Waals surface area contributed by atoms with Crippen molar-refractivity contribution in [1.29, 1.82) is 0 Å². The van der Waals surface area contributed by atoms with E-state index in [0.717, 1.165) is 18.5 Å². The molecule has 1 aliphatic rings. The SMILES string of the molecule is COC(=O)c1ccc(NC(=O)C2CC(C)(C)CCC2C(C)C)cc1. The number of rotatable bonds is 4. The molecule has 1 aromatic rings. The van der Waals surface area contributed by atoms with Crippen LogP contribution < -0.4 is 5.32 Å². The molecular formula is C20H29NO3. The van der Waals surface area contributed by atoms with Gasteiger partial charge < -0.3 is 10.1 Å². The summed E-state index contributed by atoms with van der Waals surface area (Å²) in [5, 5.41) is 3.03. The van der Waals surface area contributed by atoms with Crippen molar-refractivity contribution >= 4 is 17.6 Å². The summed E-state index contributed by atoms with van der Waals surface area (Å²) < 4.78 is 4.69. The van der Waals surface area contributed by atoms with E-state index in [1.54, 1.807) is 24.3 Å². The molecule has 1 saturated carbocycles. The van der Waals surface area contributed by atoms with Gasteiger partial charge in [0.2, 0.25) is 5.91 Å². The summed E-state index contributed by atoms with van der Waals surface area (Å²) in [5.74, 6) is 0.675. The molecule has 2 atom stereocenters. The summed E-state index contributed by atoms with van der Waals surface area (Å²) in [7, 11) is 1.36. The van der Waals surface area contributed by atoms with Gasteiger partial charge in [0.05, 0.1) is 12.7 Å². The average molecular weight is 331 g/mol. The Hall–Kier alpha value is -1.84. The molecular weight excluding hydrogens is 302 g/mol. The van der Waals surface area contributed by atoms with E-state index in [9.17, 15) is 9.59 Å². The zero-order valence-corrected chi connectivity index (χ0v) is 15.4. The smallest absolute Gasteiger partial charge is 0.337 e. The van der Waals surface area contributed by atoms with Gasteiger partial charge >= 0.3 is 5.97 Å². The van der Waals surface area contributed by atoms with Crippen molar-refractivity contribution in [2.75, 3.05) is 12.4 Å². The van der Waals surface area contributed by atoms with Crippen molar-refractivity contribution in [2.24, 2.45) is 23.2 Å². The molecule has 0 saturated heterocycles. The first kappa shape index (κ1) is 18.5. The van der Waals surface area contributed by atoms with E-state index in [4.69, 9.17) is 0 Å². The Balaban J connectivity index is 2.10. The highest BCUT2D eigenvalue weighted by molar-refractivity contribution is 5.94. The predicted molar refractivity (Wildman–Crippen MR) is 95.9 cm³/mol. The zero-order chi connectivity index (χ0) is 17.9. The largest absolute Gasteiger partial charge is 0.465 e. The molecule has 2 rings (SSSR count). The van der Waals surface area contributed by atoms with Crippen molar-refractivity contribution < 1.29 is 14.3 Å². The Morgan fingerprint density at radius 1 is 1.21 bits per heavy atom. The Labute approximate surface area is 145 Å². The normalized spacial score (nSPS) is 22.9. The van der Waals surface area contributed by atoms with Gasteiger partial charge in [0.15, 0.2) is 0 Å². The summed E-state index contributed by atoms with van der Waals surface area (Å²) in [4.78, 5) is 24.3. The fraction of sp³-hybridized carbons (Fsp3) is 0.600. The number of esters is 1. The van der Waals surface area contributed by atoms with Gasteiger partial charge in [-0.05, 0) is 60.8 Å². The highest BCUT2D eigenvalue weighted by atomic mass is 16.5. The molecule has 0 aromatic heterocycles. The Morgan fingerprint density at radius 2 is 1.83 bits per heavy atom. The number of anilines is 1. The zero-order valence-electron chi connectivity index (χ0n) is 15.4. The van der Waals surface area contributed by atoms with Crippen LogP contribution in [0.3, 0.4) is 0 Å². The second-order valence-electron chi connectivity index (χ2n) is 7.98. The van der Waals surface area contributed by atoms with E-state index in [1.165, 1.54) is 13.5 Å². The highest BCUT2D eigenvalue weighted by Crippen LogP contribution is 2.44. The van der Waals surface area contributed by atoms with Gasteiger partial charge in [-0.2, -0.15) is 0 Å². The second-order valence-corrected chi connectivity index (χ2v) is 7.98. The van der Waals surface area contributed by atoms with Crippen LogP contribution >= 0.6 is 0 Å². The third kappa shape index (κ3) is 4.37. The lowest BCUT2D eigenvalue weighted by Gasteiger charge is -2.41. The van der Waals surface area contributed by atoms with Crippen LogP contribution in [-0.4, -0.2) is 19.0 Å². The van der Waals surface area contributed by atoms with Crippen molar-refractivity contribution in [3.8, 4) is 0 Å². The molecule has 1 aliphatic carbocycles. The summed E-state index contributed by atoms with van der Waals surface area (Å²) in [6.45, 7) is 8.90. The third-order valence-electron chi connectivity index (χ3n) is 5.21. The second kappa shape index (κ2) is 7.37. The van der Waals surface area contributed by atoms with Gasteiger partial charge in [-0.15, -0.1) is 0 Å². The molecule has 0 heterocycles. The average Bonchev–Trinajstić information content (AvgIpc) is 2.53. The van der Waals surface area contributed by atoms with E-state index >= 15 is 0 Å². The number of hydrogen-bond acceptors (Lipinski definition) is 3. The van der Waals surface area contributed by atoms with E-state index in [1.807, 2.05) is 0 Å². The number of nitrogens with one attached hydrogen (secondary N) is 1. The standard InChI is InChI=1S/C20H29NO3/c1-13(2)16-10-11-20(3,4)12-17(16)18(22)21-15-8-6-14(7-9-15)19(23)24-5/h6-9,13,16-17H,10-12H2,1-5H3,(H,21,22). The maximum atomic E-state index is 12.8. The molecule has 0 bridgehead atoms. The summed E-state index contributed by atoms with van der Waals surface area (Å²) in [5.41, 5.74) is 1.41. The van der Waals surface area contributed by atoms with E-state index < -0.39 is 0 Å². The molecule has 0 radical (unpaired) electrons. The molecule has 1 fully saturated rings. The third-order valence-corrected chi connectivity index (χ3v) is 5.21. The van der Waals surface area contributed by atoms with Crippen LogP contribution in [0.5, 0.6) is 0 Å². The number of benzene rings is 1. The molecule has 0 spiro atoms. The van der Waals surface area contributed by atoms with E-state index in [0.29, 0.717) is 17.4 Å². The van der Waals surface area contributed by atoms with Crippen molar-refractivity contribution in [1.82, 2.24) is 0 Å². The fourth-order valence-corrected chi connectivity index (χ4v) is 3.73. The van der Waals surface area contributed by atoms with Crippen LogP contribution in [0.4, 0.5) is 5.69 Å². The van der Waals surface area contributed by atoms with Gasteiger partial charge in [-0.3, -0.25) is 4.79 Å². The number of hydrogen-bond donors (Lipinski definition) is 1. The first-order chi connectivity index (χ1) is 11.2. The van der Waals surface area contributed by atoms with Crippen LogP contribution in [-0.2, 0) is 9.53 Å². The molecule has 0 aliphatic heterocycles. The minimum absolute atomic E-state index is 0.0361. The summed E-state index contributed by atoms with van der Waals surface area (Å²) in [6.07, 6.45) is 3.19. The lowest BCUT2D eigenvalue weighted by molar-refractivity contribution is -0.125. The molecule has 4 heteroatoms. The van der Waals surface area contributed by atoms with Gasteiger partial charge in [0, 0.05) is 11.6 Å². The van der Waals surface area contributed by atoms with Crippen LogP contribution in [0.2, 0.25) is 0 Å². The minimum Gasteiger partial charge on any atom is -0.465 e. The predicted octanol–water partition coefficient (Wildman–Crippen LogP) is 4.51. The number of ether oxygens (including phenoxy) is 1. The van der Waals surface area contributed by atoms with Crippen LogP contribution in [0.1, 0.15) is 57.3 Å². The lowest BCUT2D eigenvalue weighted by Crippen LogP contribution is -2.39. The number of carbonyl (C=O) groups excluding carboxylic acids is 2. The summed E-state index contributed by atoms with van der Waals surface area (Å²) >= 11 is 0. The van der Waals surface area contributed by atoms with Gasteiger partial charge in [-0.1, -0.05) is 27.7 Å². The van der Waals surface area contributed by atoms with Crippen molar-refractivity contribution in [2.45, 2.75) is 47.0 Å². The molecule has 2 unspecified atom stereocenters. The highest BCUT2D eigenvalue weighted by Gasteiger charge is 2.39. The van der Waals surface area contributed by atoms with E-state index in [2.05, 4.69) is 37.7 Å².